The van der Waals surface area contributed by atoms with E-state index in [1.807, 2.05) is 31.2 Å². The average molecular weight is 323 g/mol. The molecule has 0 saturated heterocycles. The van der Waals surface area contributed by atoms with E-state index in [1.165, 1.54) is 6.07 Å². The molecule has 2 aromatic heterocycles. The van der Waals surface area contributed by atoms with E-state index in [-0.39, 0.29) is 5.82 Å². The maximum absolute atomic E-state index is 13.7. The lowest BCUT2D eigenvalue weighted by molar-refractivity contribution is 0.613. The van der Waals surface area contributed by atoms with Gasteiger partial charge in [0, 0.05) is 24.4 Å². The van der Waals surface area contributed by atoms with Gasteiger partial charge < -0.3 is 10.6 Å². The smallest absolute Gasteiger partial charge is 0.132 e. The van der Waals surface area contributed by atoms with Crippen molar-refractivity contribution in [2.75, 3.05) is 10.6 Å². The van der Waals surface area contributed by atoms with Crippen LogP contribution in [0.1, 0.15) is 17.1 Å². The van der Waals surface area contributed by atoms with E-state index in [0.29, 0.717) is 36.1 Å². The van der Waals surface area contributed by atoms with Gasteiger partial charge in [-0.1, -0.05) is 24.3 Å². The molecule has 0 unspecified atom stereocenters. The number of nitrogens with one attached hydrogen (secondary N) is 2. The van der Waals surface area contributed by atoms with Crippen LogP contribution in [0.2, 0.25) is 0 Å². The number of anilines is 2. The first kappa shape index (κ1) is 15.9. The summed E-state index contributed by atoms with van der Waals surface area (Å²) in [7, 11) is 0. The van der Waals surface area contributed by atoms with Crippen LogP contribution in [0, 0.1) is 12.7 Å². The van der Waals surface area contributed by atoms with Crippen LogP contribution < -0.4 is 10.6 Å². The topological polar surface area (TPSA) is 62.7 Å². The molecule has 6 heteroatoms. The number of aryl methyl sites for hydroxylation is 1. The number of aromatic nitrogens is 3. The normalized spacial score (nSPS) is 10.4. The molecule has 0 aliphatic rings. The summed E-state index contributed by atoms with van der Waals surface area (Å²) in [5, 5.41) is 6.36. The van der Waals surface area contributed by atoms with E-state index in [4.69, 9.17) is 0 Å². The maximum Gasteiger partial charge on any atom is 0.132 e. The summed E-state index contributed by atoms with van der Waals surface area (Å²) in [6, 6.07) is 14.2. The molecule has 0 amide bonds. The Hall–Kier alpha value is -3.02. The molecule has 0 saturated carbocycles. The lowest BCUT2D eigenvalue weighted by Gasteiger charge is -2.10. The van der Waals surface area contributed by atoms with Crippen LogP contribution >= 0.6 is 0 Å². The lowest BCUT2D eigenvalue weighted by atomic mass is 10.2. The van der Waals surface area contributed by atoms with Gasteiger partial charge in [0.25, 0.3) is 0 Å². The predicted molar refractivity (Wildman–Crippen MR) is 92.1 cm³/mol. The molecule has 0 atom stereocenters. The Bertz CT molecular complexity index is 808. The van der Waals surface area contributed by atoms with E-state index in [2.05, 4.69) is 25.6 Å². The first-order valence-corrected chi connectivity index (χ1v) is 7.67. The first-order chi connectivity index (χ1) is 11.7. The molecule has 24 heavy (non-hydrogen) atoms. The number of halogens is 1. The molecular formula is C18H18FN5. The number of benzene rings is 1. The molecule has 0 aliphatic carbocycles. The minimum Gasteiger partial charge on any atom is -0.366 e. The summed E-state index contributed by atoms with van der Waals surface area (Å²) in [5.41, 5.74) is 1.52. The van der Waals surface area contributed by atoms with Crippen LogP contribution in [0.5, 0.6) is 0 Å². The SMILES string of the molecule is Cc1nc(NCc2ccccn2)cc(NCc2ccccc2F)n1. The Labute approximate surface area is 140 Å². The molecule has 122 valence electrons. The monoisotopic (exact) mass is 323 g/mol. The molecule has 0 fully saturated rings. The summed E-state index contributed by atoms with van der Waals surface area (Å²) >= 11 is 0. The van der Waals surface area contributed by atoms with Crippen LogP contribution in [0.15, 0.2) is 54.7 Å². The maximum atomic E-state index is 13.7. The van der Waals surface area contributed by atoms with Gasteiger partial charge in [0.15, 0.2) is 0 Å². The largest absolute Gasteiger partial charge is 0.366 e. The van der Waals surface area contributed by atoms with E-state index < -0.39 is 0 Å². The summed E-state index contributed by atoms with van der Waals surface area (Å²) in [4.78, 5) is 13.0. The van der Waals surface area contributed by atoms with Gasteiger partial charge in [0.2, 0.25) is 0 Å². The Morgan fingerprint density at radius 3 is 2.33 bits per heavy atom. The molecule has 0 radical (unpaired) electrons. The van der Waals surface area contributed by atoms with Crippen LogP contribution in [-0.4, -0.2) is 15.0 Å². The van der Waals surface area contributed by atoms with Crippen molar-refractivity contribution in [1.29, 1.82) is 0 Å². The van der Waals surface area contributed by atoms with Crippen LogP contribution in [-0.2, 0) is 13.1 Å². The molecule has 2 heterocycles. The van der Waals surface area contributed by atoms with Crippen LogP contribution in [0.4, 0.5) is 16.0 Å². The van der Waals surface area contributed by atoms with Crippen molar-refractivity contribution in [2.45, 2.75) is 20.0 Å². The highest BCUT2D eigenvalue weighted by Gasteiger charge is 2.04. The molecule has 1 aromatic carbocycles. The molecular weight excluding hydrogens is 305 g/mol. The predicted octanol–water partition coefficient (Wildman–Crippen LogP) is 3.54. The fourth-order valence-electron chi connectivity index (χ4n) is 2.26. The van der Waals surface area contributed by atoms with Gasteiger partial charge in [0.1, 0.15) is 23.3 Å². The summed E-state index contributed by atoms with van der Waals surface area (Å²) in [6.45, 7) is 2.76. The highest BCUT2D eigenvalue weighted by molar-refractivity contribution is 5.48. The third-order valence-electron chi connectivity index (χ3n) is 3.43. The fraction of sp³-hybridized carbons (Fsp3) is 0.167. The minimum absolute atomic E-state index is 0.232. The number of pyridine rings is 1. The Morgan fingerprint density at radius 1 is 0.917 bits per heavy atom. The fourth-order valence-corrected chi connectivity index (χ4v) is 2.26. The van der Waals surface area contributed by atoms with E-state index in [1.54, 1.807) is 24.4 Å². The van der Waals surface area contributed by atoms with E-state index in [0.717, 1.165) is 5.69 Å². The van der Waals surface area contributed by atoms with E-state index in [9.17, 15) is 4.39 Å². The molecule has 0 aliphatic heterocycles. The van der Waals surface area contributed by atoms with Crippen molar-refractivity contribution in [3.8, 4) is 0 Å². The van der Waals surface area contributed by atoms with Crippen LogP contribution in [0.3, 0.4) is 0 Å². The second-order valence-electron chi connectivity index (χ2n) is 5.31. The standard InChI is InChI=1S/C18H18FN5/c1-13-23-17(21-11-14-6-2-3-8-16(14)19)10-18(24-13)22-12-15-7-4-5-9-20-15/h2-10H,11-12H2,1H3,(H2,21,22,23,24). The Morgan fingerprint density at radius 2 is 1.62 bits per heavy atom. The third-order valence-corrected chi connectivity index (χ3v) is 3.43. The Balaban J connectivity index is 1.66. The third kappa shape index (κ3) is 4.25. The van der Waals surface area contributed by atoms with Crippen LogP contribution in [0.25, 0.3) is 0 Å². The zero-order valence-electron chi connectivity index (χ0n) is 13.3. The van der Waals surface area contributed by atoms with Gasteiger partial charge in [0.05, 0.1) is 12.2 Å². The molecule has 2 N–H and O–H groups in total. The van der Waals surface area contributed by atoms with Gasteiger partial charge in [-0.15, -0.1) is 0 Å². The molecule has 5 nitrogen and oxygen atoms in total. The second kappa shape index (κ2) is 7.50. The van der Waals surface area contributed by atoms with Crippen molar-refractivity contribution in [3.63, 3.8) is 0 Å². The van der Waals surface area contributed by atoms with Crippen molar-refractivity contribution in [3.05, 3.63) is 77.6 Å². The summed E-state index contributed by atoms with van der Waals surface area (Å²) in [6.07, 6.45) is 1.75. The van der Waals surface area contributed by atoms with Crippen molar-refractivity contribution < 1.29 is 4.39 Å². The average Bonchev–Trinajstić information content (AvgIpc) is 2.60. The van der Waals surface area contributed by atoms with Crippen molar-refractivity contribution >= 4 is 11.6 Å². The summed E-state index contributed by atoms with van der Waals surface area (Å²) < 4.78 is 13.7. The number of hydrogen-bond acceptors (Lipinski definition) is 5. The zero-order chi connectivity index (χ0) is 16.8. The van der Waals surface area contributed by atoms with Gasteiger partial charge in [-0.05, 0) is 25.1 Å². The number of nitrogens with zero attached hydrogens (tertiary/aromatic N) is 3. The molecule has 3 rings (SSSR count). The van der Waals surface area contributed by atoms with E-state index >= 15 is 0 Å². The Kier molecular flexibility index (Phi) is 4.96. The van der Waals surface area contributed by atoms with Crippen molar-refractivity contribution in [2.24, 2.45) is 0 Å². The number of rotatable bonds is 6. The molecule has 0 spiro atoms. The van der Waals surface area contributed by atoms with Gasteiger partial charge in [-0.3, -0.25) is 4.98 Å². The summed E-state index contributed by atoms with van der Waals surface area (Å²) in [5.74, 6) is 1.75. The zero-order valence-corrected chi connectivity index (χ0v) is 13.3. The van der Waals surface area contributed by atoms with Gasteiger partial charge in [-0.25, -0.2) is 14.4 Å². The molecule has 0 bridgehead atoms. The quantitative estimate of drug-likeness (QED) is 0.726. The van der Waals surface area contributed by atoms with Crippen molar-refractivity contribution in [1.82, 2.24) is 15.0 Å². The van der Waals surface area contributed by atoms with Gasteiger partial charge >= 0.3 is 0 Å². The van der Waals surface area contributed by atoms with Gasteiger partial charge in [-0.2, -0.15) is 0 Å². The number of hydrogen-bond donors (Lipinski definition) is 2. The first-order valence-electron chi connectivity index (χ1n) is 7.67. The highest BCUT2D eigenvalue weighted by Crippen LogP contribution is 2.14. The lowest BCUT2D eigenvalue weighted by Crippen LogP contribution is -2.08. The highest BCUT2D eigenvalue weighted by atomic mass is 19.1. The minimum atomic E-state index is -0.232. The second-order valence-corrected chi connectivity index (χ2v) is 5.31. The molecule has 3 aromatic rings.